The summed E-state index contributed by atoms with van der Waals surface area (Å²) >= 11 is 0. The van der Waals surface area contributed by atoms with Gasteiger partial charge in [0.05, 0.1) is 0 Å². The van der Waals surface area contributed by atoms with E-state index in [1.54, 1.807) is 0 Å². The molecule has 0 bridgehead atoms. The SMILES string of the molecule is CC(C)(CNC(=O)CCC1CCNCC1)c1ccc2c(c1)OCO2. The van der Waals surface area contributed by atoms with Gasteiger partial charge in [0, 0.05) is 18.4 Å². The van der Waals surface area contributed by atoms with E-state index in [1.165, 1.54) is 12.8 Å². The van der Waals surface area contributed by atoms with E-state index in [0.29, 0.717) is 18.9 Å². The maximum absolute atomic E-state index is 12.2. The second kappa shape index (κ2) is 7.43. The molecular formula is C19H28N2O3. The Bertz CT molecular complexity index is 580. The molecule has 0 saturated carbocycles. The second-order valence-corrected chi connectivity index (χ2v) is 7.46. The van der Waals surface area contributed by atoms with E-state index in [9.17, 15) is 4.79 Å². The van der Waals surface area contributed by atoms with Crippen molar-refractivity contribution in [2.45, 2.75) is 44.9 Å². The van der Waals surface area contributed by atoms with Crippen molar-refractivity contribution >= 4 is 5.91 Å². The molecule has 3 rings (SSSR count). The number of amides is 1. The highest BCUT2D eigenvalue weighted by molar-refractivity contribution is 5.76. The first-order valence-corrected chi connectivity index (χ1v) is 8.92. The van der Waals surface area contributed by atoms with Gasteiger partial charge in [-0.1, -0.05) is 19.9 Å². The highest BCUT2D eigenvalue weighted by Crippen LogP contribution is 2.36. The van der Waals surface area contributed by atoms with Crippen molar-refractivity contribution in [3.63, 3.8) is 0 Å². The molecule has 1 aromatic carbocycles. The van der Waals surface area contributed by atoms with Gasteiger partial charge in [0.15, 0.2) is 11.5 Å². The van der Waals surface area contributed by atoms with E-state index in [2.05, 4.69) is 30.5 Å². The molecule has 0 unspecified atom stereocenters. The summed E-state index contributed by atoms with van der Waals surface area (Å²) < 4.78 is 10.8. The Morgan fingerprint density at radius 3 is 2.79 bits per heavy atom. The van der Waals surface area contributed by atoms with Crippen LogP contribution in [-0.2, 0) is 10.2 Å². The van der Waals surface area contributed by atoms with Crippen molar-refractivity contribution in [2.24, 2.45) is 5.92 Å². The maximum Gasteiger partial charge on any atom is 0.231 e. The molecule has 0 aliphatic carbocycles. The third-order valence-corrected chi connectivity index (χ3v) is 5.12. The van der Waals surface area contributed by atoms with E-state index >= 15 is 0 Å². The van der Waals surface area contributed by atoms with Crippen LogP contribution >= 0.6 is 0 Å². The minimum absolute atomic E-state index is 0.147. The van der Waals surface area contributed by atoms with Gasteiger partial charge in [-0.15, -0.1) is 0 Å². The molecule has 2 aliphatic rings. The van der Waals surface area contributed by atoms with Crippen LogP contribution in [0.5, 0.6) is 11.5 Å². The number of hydrogen-bond donors (Lipinski definition) is 2. The van der Waals surface area contributed by atoms with Gasteiger partial charge in [-0.05, 0) is 56.0 Å². The Morgan fingerprint density at radius 2 is 2.00 bits per heavy atom. The number of ether oxygens (including phenoxy) is 2. The molecule has 24 heavy (non-hydrogen) atoms. The molecule has 5 nitrogen and oxygen atoms in total. The summed E-state index contributed by atoms with van der Waals surface area (Å²) in [6.45, 7) is 7.35. The molecule has 1 fully saturated rings. The predicted octanol–water partition coefficient (Wildman–Crippen LogP) is 2.59. The lowest BCUT2D eigenvalue weighted by molar-refractivity contribution is -0.121. The molecule has 1 aromatic rings. The normalized spacial score (nSPS) is 17.8. The second-order valence-electron chi connectivity index (χ2n) is 7.46. The van der Waals surface area contributed by atoms with Crippen LogP contribution in [-0.4, -0.2) is 32.3 Å². The van der Waals surface area contributed by atoms with E-state index in [0.717, 1.165) is 36.6 Å². The lowest BCUT2D eigenvalue weighted by atomic mass is 9.84. The van der Waals surface area contributed by atoms with Crippen molar-refractivity contribution in [2.75, 3.05) is 26.4 Å². The van der Waals surface area contributed by atoms with Crippen molar-refractivity contribution in [1.82, 2.24) is 10.6 Å². The molecular weight excluding hydrogens is 304 g/mol. The van der Waals surface area contributed by atoms with Gasteiger partial charge in [-0.3, -0.25) is 4.79 Å². The van der Waals surface area contributed by atoms with E-state index in [-0.39, 0.29) is 18.1 Å². The Labute approximate surface area is 144 Å². The molecule has 1 amide bonds. The van der Waals surface area contributed by atoms with Gasteiger partial charge in [0.1, 0.15) is 0 Å². The Balaban J connectivity index is 1.48. The fraction of sp³-hybridized carbons (Fsp3) is 0.632. The lowest BCUT2D eigenvalue weighted by Gasteiger charge is -2.26. The number of rotatable bonds is 6. The van der Waals surface area contributed by atoms with Gasteiger partial charge in [0.25, 0.3) is 0 Å². The summed E-state index contributed by atoms with van der Waals surface area (Å²) in [7, 11) is 0. The van der Waals surface area contributed by atoms with Crippen LogP contribution in [0, 0.1) is 5.92 Å². The average Bonchev–Trinajstić information content (AvgIpc) is 3.07. The van der Waals surface area contributed by atoms with Crippen LogP contribution in [0.25, 0.3) is 0 Å². The standard InChI is InChI=1S/C19H28N2O3/c1-19(2,15-4-5-16-17(11-15)24-13-23-16)12-21-18(22)6-3-14-7-9-20-10-8-14/h4-5,11,14,20H,3,6-10,12-13H2,1-2H3,(H,21,22). The van der Waals surface area contributed by atoms with Crippen molar-refractivity contribution in [3.05, 3.63) is 23.8 Å². The largest absolute Gasteiger partial charge is 0.454 e. The van der Waals surface area contributed by atoms with Gasteiger partial charge >= 0.3 is 0 Å². The molecule has 0 radical (unpaired) electrons. The number of nitrogens with one attached hydrogen (secondary N) is 2. The zero-order valence-electron chi connectivity index (χ0n) is 14.7. The quantitative estimate of drug-likeness (QED) is 0.841. The molecule has 0 atom stereocenters. The molecule has 0 aromatic heterocycles. The van der Waals surface area contributed by atoms with Crippen LogP contribution in [0.15, 0.2) is 18.2 Å². The van der Waals surface area contributed by atoms with Crippen LogP contribution in [0.3, 0.4) is 0 Å². The number of hydrogen-bond acceptors (Lipinski definition) is 4. The number of carbonyl (C=O) groups excluding carboxylic acids is 1. The maximum atomic E-state index is 12.2. The number of benzene rings is 1. The summed E-state index contributed by atoms with van der Waals surface area (Å²) in [5, 5.41) is 6.47. The zero-order valence-corrected chi connectivity index (χ0v) is 14.7. The number of piperidine rings is 1. The Morgan fingerprint density at radius 1 is 1.25 bits per heavy atom. The van der Waals surface area contributed by atoms with Gasteiger partial charge in [0.2, 0.25) is 12.7 Å². The minimum Gasteiger partial charge on any atom is -0.454 e. The Hall–Kier alpha value is -1.75. The molecule has 2 heterocycles. The van der Waals surface area contributed by atoms with Crippen LogP contribution in [0.1, 0.15) is 45.1 Å². The molecule has 2 N–H and O–H groups in total. The van der Waals surface area contributed by atoms with Gasteiger partial charge < -0.3 is 20.1 Å². The molecule has 2 aliphatic heterocycles. The third kappa shape index (κ3) is 4.20. The third-order valence-electron chi connectivity index (χ3n) is 5.12. The number of carbonyl (C=O) groups is 1. The Kier molecular flexibility index (Phi) is 5.29. The predicted molar refractivity (Wildman–Crippen MR) is 93.4 cm³/mol. The first-order valence-electron chi connectivity index (χ1n) is 8.92. The van der Waals surface area contributed by atoms with Gasteiger partial charge in [-0.25, -0.2) is 0 Å². The molecule has 0 spiro atoms. The van der Waals surface area contributed by atoms with E-state index in [1.807, 2.05) is 12.1 Å². The summed E-state index contributed by atoms with van der Waals surface area (Å²) in [6.07, 6.45) is 4.01. The molecule has 132 valence electrons. The molecule has 5 heteroatoms. The van der Waals surface area contributed by atoms with E-state index in [4.69, 9.17) is 9.47 Å². The highest BCUT2D eigenvalue weighted by Gasteiger charge is 2.25. The monoisotopic (exact) mass is 332 g/mol. The van der Waals surface area contributed by atoms with E-state index < -0.39 is 0 Å². The zero-order chi connectivity index (χ0) is 17.0. The van der Waals surface area contributed by atoms with Crippen molar-refractivity contribution in [1.29, 1.82) is 0 Å². The average molecular weight is 332 g/mol. The summed E-state index contributed by atoms with van der Waals surface area (Å²) in [4.78, 5) is 12.2. The summed E-state index contributed by atoms with van der Waals surface area (Å²) in [5.41, 5.74) is 0.996. The molecule has 1 saturated heterocycles. The smallest absolute Gasteiger partial charge is 0.231 e. The minimum atomic E-state index is -0.147. The van der Waals surface area contributed by atoms with Crippen molar-refractivity contribution < 1.29 is 14.3 Å². The first kappa shape index (κ1) is 17.1. The number of fused-ring (bicyclic) bond motifs is 1. The fourth-order valence-electron chi connectivity index (χ4n) is 3.33. The highest BCUT2D eigenvalue weighted by atomic mass is 16.7. The lowest BCUT2D eigenvalue weighted by Crippen LogP contribution is -2.37. The van der Waals surface area contributed by atoms with Crippen LogP contribution in [0.4, 0.5) is 0 Å². The summed E-state index contributed by atoms with van der Waals surface area (Å²) in [5.74, 6) is 2.43. The first-order chi connectivity index (χ1) is 11.5. The van der Waals surface area contributed by atoms with Crippen LogP contribution in [0.2, 0.25) is 0 Å². The van der Waals surface area contributed by atoms with Crippen LogP contribution < -0.4 is 20.1 Å². The summed E-state index contributed by atoms with van der Waals surface area (Å²) in [6, 6.07) is 6.01. The topological polar surface area (TPSA) is 59.6 Å². The fourth-order valence-corrected chi connectivity index (χ4v) is 3.33. The van der Waals surface area contributed by atoms with Crippen molar-refractivity contribution in [3.8, 4) is 11.5 Å². The van der Waals surface area contributed by atoms with Gasteiger partial charge in [-0.2, -0.15) is 0 Å².